The largest absolute Gasteiger partial charge is 0.356 e. The fourth-order valence-corrected chi connectivity index (χ4v) is 4.68. The highest BCUT2D eigenvalue weighted by Gasteiger charge is 2.26. The van der Waals surface area contributed by atoms with Crippen molar-refractivity contribution >= 4 is 27.5 Å². The third-order valence-electron chi connectivity index (χ3n) is 5.96. The number of carbonyl (C=O) groups excluding carboxylic acids is 1. The summed E-state index contributed by atoms with van der Waals surface area (Å²) >= 11 is 3.41. The van der Waals surface area contributed by atoms with Crippen LogP contribution in [0.25, 0.3) is 0 Å². The zero-order valence-electron chi connectivity index (χ0n) is 16.4. The van der Waals surface area contributed by atoms with Crippen molar-refractivity contribution in [1.82, 2.24) is 14.9 Å². The van der Waals surface area contributed by atoms with Gasteiger partial charge in [0, 0.05) is 41.1 Å². The minimum absolute atomic E-state index is 0.0728. The summed E-state index contributed by atoms with van der Waals surface area (Å²) in [5, 5.41) is 0. The number of ketones is 1. The van der Waals surface area contributed by atoms with Crippen molar-refractivity contribution in [3.8, 4) is 0 Å². The van der Waals surface area contributed by atoms with Crippen molar-refractivity contribution < 1.29 is 4.79 Å². The summed E-state index contributed by atoms with van der Waals surface area (Å²) in [6, 6.07) is 8.28. The molecule has 2 saturated heterocycles. The van der Waals surface area contributed by atoms with E-state index in [1.807, 2.05) is 25.1 Å². The van der Waals surface area contributed by atoms with Gasteiger partial charge >= 0.3 is 0 Å². The number of piperidine rings is 2. The van der Waals surface area contributed by atoms with Crippen LogP contribution < -0.4 is 4.90 Å². The number of pyridine rings is 2. The van der Waals surface area contributed by atoms with Gasteiger partial charge in [-0.3, -0.25) is 9.78 Å². The highest BCUT2D eigenvalue weighted by atomic mass is 79.9. The Balaban J connectivity index is 1.45. The molecule has 4 rings (SSSR count). The maximum absolute atomic E-state index is 13.0. The molecule has 0 unspecified atom stereocenters. The Hall–Kier alpha value is -1.79. The number of carbonyl (C=O) groups is 1. The summed E-state index contributed by atoms with van der Waals surface area (Å²) in [7, 11) is 0. The molecule has 4 heterocycles. The van der Waals surface area contributed by atoms with Crippen molar-refractivity contribution in [1.29, 1.82) is 0 Å². The first-order valence-electron chi connectivity index (χ1n) is 10.2. The van der Waals surface area contributed by atoms with Gasteiger partial charge in [-0.25, -0.2) is 4.98 Å². The van der Waals surface area contributed by atoms with Crippen molar-refractivity contribution in [3.63, 3.8) is 0 Å². The molecule has 6 heteroatoms. The molecule has 0 aliphatic carbocycles. The molecule has 2 aromatic heterocycles. The van der Waals surface area contributed by atoms with Gasteiger partial charge in [-0.2, -0.15) is 0 Å². The zero-order valence-corrected chi connectivity index (χ0v) is 18.0. The number of hydrogen-bond acceptors (Lipinski definition) is 5. The number of nitrogens with zero attached hydrogens (tertiary/aromatic N) is 4. The van der Waals surface area contributed by atoms with Crippen LogP contribution in [0, 0.1) is 6.92 Å². The molecule has 0 saturated carbocycles. The second kappa shape index (κ2) is 8.70. The molecule has 0 radical (unpaired) electrons. The number of halogens is 1. The fourth-order valence-electron chi connectivity index (χ4n) is 4.34. The molecule has 0 atom stereocenters. The van der Waals surface area contributed by atoms with E-state index in [1.165, 1.54) is 45.2 Å². The Morgan fingerprint density at radius 3 is 2.61 bits per heavy atom. The van der Waals surface area contributed by atoms with E-state index in [9.17, 15) is 4.79 Å². The maximum Gasteiger partial charge on any atom is 0.213 e. The van der Waals surface area contributed by atoms with E-state index < -0.39 is 0 Å². The summed E-state index contributed by atoms with van der Waals surface area (Å²) < 4.78 is 0.803. The lowest BCUT2D eigenvalue weighted by Gasteiger charge is -2.40. The van der Waals surface area contributed by atoms with Crippen LogP contribution in [0.3, 0.4) is 0 Å². The Morgan fingerprint density at radius 2 is 1.86 bits per heavy atom. The molecule has 28 heavy (non-hydrogen) atoms. The normalized spacial score (nSPS) is 19.0. The Bertz CT molecular complexity index is 842. The zero-order chi connectivity index (χ0) is 19.5. The number of anilines is 1. The fraction of sp³-hybridized carbons (Fsp3) is 0.500. The number of hydrogen-bond donors (Lipinski definition) is 0. The molecule has 5 nitrogen and oxygen atoms in total. The average molecular weight is 443 g/mol. The van der Waals surface area contributed by atoms with Gasteiger partial charge in [0.05, 0.1) is 0 Å². The Morgan fingerprint density at radius 1 is 1.11 bits per heavy atom. The van der Waals surface area contributed by atoms with E-state index in [-0.39, 0.29) is 5.78 Å². The molecule has 0 spiro atoms. The summed E-state index contributed by atoms with van der Waals surface area (Å²) in [6.07, 6.45) is 8.13. The number of likely N-dealkylation sites (tertiary alicyclic amines) is 1. The monoisotopic (exact) mass is 442 g/mol. The van der Waals surface area contributed by atoms with Gasteiger partial charge in [0.15, 0.2) is 0 Å². The first kappa shape index (κ1) is 19.5. The quantitative estimate of drug-likeness (QED) is 0.662. The van der Waals surface area contributed by atoms with Crippen LogP contribution in [-0.2, 0) is 0 Å². The lowest BCUT2D eigenvalue weighted by Crippen LogP contribution is -2.47. The molecule has 0 aromatic carbocycles. The Labute approximate surface area is 175 Å². The van der Waals surface area contributed by atoms with E-state index in [4.69, 9.17) is 4.98 Å². The molecular formula is C22H27BrN4O. The van der Waals surface area contributed by atoms with Crippen molar-refractivity contribution in [3.05, 3.63) is 51.9 Å². The number of aromatic nitrogens is 2. The highest BCUT2D eigenvalue weighted by Crippen LogP contribution is 2.24. The average Bonchev–Trinajstić information content (AvgIpc) is 2.76. The standard InChI is InChI=1S/C22H27BrN4O/c1-16-19(14-17(23)15-24-16)22(28)20-6-5-7-21(25-20)27-12-8-18(9-13-27)26-10-3-2-4-11-26/h5-7,14-15,18H,2-4,8-13H2,1H3. The van der Waals surface area contributed by atoms with Gasteiger partial charge in [-0.05, 0) is 79.8 Å². The third-order valence-corrected chi connectivity index (χ3v) is 6.39. The van der Waals surface area contributed by atoms with Crippen LogP contribution in [-0.4, -0.2) is 52.9 Å². The summed E-state index contributed by atoms with van der Waals surface area (Å²) in [5.41, 5.74) is 1.81. The van der Waals surface area contributed by atoms with E-state index in [0.29, 0.717) is 17.3 Å². The van der Waals surface area contributed by atoms with Crippen LogP contribution in [0.4, 0.5) is 5.82 Å². The molecule has 2 fully saturated rings. The van der Waals surface area contributed by atoms with Crippen molar-refractivity contribution in [2.75, 3.05) is 31.1 Å². The summed E-state index contributed by atoms with van der Waals surface area (Å²) in [6.45, 7) is 6.38. The molecular weight excluding hydrogens is 416 g/mol. The first-order chi connectivity index (χ1) is 13.6. The van der Waals surface area contributed by atoms with Crippen LogP contribution in [0.15, 0.2) is 34.9 Å². The Kier molecular flexibility index (Phi) is 6.07. The molecule has 2 aliphatic heterocycles. The van der Waals surface area contributed by atoms with Gasteiger partial charge in [-0.1, -0.05) is 12.5 Å². The lowest BCUT2D eigenvalue weighted by atomic mass is 10.00. The first-order valence-corrected chi connectivity index (χ1v) is 11.0. The second-order valence-electron chi connectivity index (χ2n) is 7.81. The highest BCUT2D eigenvalue weighted by molar-refractivity contribution is 9.10. The van der Waals surface area contributed by atoms with Crippen LogP contribution >= 0.6 is 15.9 Å². The maximum atomic E-state index is 13.0. The van der Waals surface area contributed by atoms with Gasteiger partial charge in [0.25, 0.3) is 0 Å². The molecule has 0 amide bonds. The number of aryl methyl sites for hydroxylation is 1. The van der Waals surface area contributed by atoms with E-state index in [0.717, 1.165) is 29.1 Å². The third kappa shape index (κ3) is 4.28. The van der Waals surface area contributed by atoms with Gasteiger partial charge in [0.1, 0.15) is 11.5 Å². The minimum Gasteiger partial charge on any atom is -0.356 e. The lowest BCUT2D eigenvalue weighted by molar-refractivity contribution is 0.103. The molecule has 2 aromatic rings. The molecule has 0 N–H and O–H groups in total. The topological polar surface area (TPSA) is 49.3 Å². The predicted octanol–water partition coefficient (Wildman–Crippen LogP) is 4.23. The summed E-state index contributed by atoms with van der Waals surface area (Å²) in [4.78, 5) is 26.9. The van der Waals surface area contributed by atoms with Crippen molar-refractivity contribution in [2.45, 2.75) is 45.1 Å². The van der Waals surface area contributed by atoms with E-state index >= 15 is 0 Å². The molecule has 2 aliphatic rings. The number of rotatable bonds is 4. The SMILES string of the molecule is Cc1ncc(Br)cc1C(=O)c1cccc(N2CCC(N3CCCCC3)CC2)n1. The van der Waals surface area contributed by atoms with Gasteiger partial charge in [0.2, 0.25) is 5.78 Å². The van der Waals surface area contributed by atoms with Gasteiger partial charge in [-0.15, -0.1) is 0 Å². The van der Waals surface area contributed by atoms with E-state index in [1.54, 1.807) is 12.3 Å². The van der Waals surface area contributed by atoms with Crippen molar-refractivity contribution in [2.24, 2.45) is 0 Å². The molecule has 148 valence electrons. The van der Waals surface area contributed by atoms with Crippen LogP contribution in [0.5, 0.6) is 0 Å². The van der Waals surface area contributed by atoms with Crippen LogP contribution in [0.2, 0.25) is 0 Å². The second-order valence-corrected chi connectivity index (χ2v) is 8.73. The van der Waals surface area contributed by atoms with Gasteiger partial charge < -0.3 is 9.80 Å². The minimum atomic E-state index is -0.0728. The molecule has 0 bridgehead atoms. The summed E-state index contributed by atoms with van der Waals surface area (Å²) in [5.74, 6) is 0.833. The predicted molar refractivity (Wildman–Crippen MR) is 115 cm³/mol. The smallest absolute Gasteiger partial charge is 0.213 e. The van der Waals surface area contributed by atoms with Crippen LogP contribution in [0.1, 0.15) is 53.8 Å². The van der Waals surface area contributed by atoms with E-state index in [2.05, 4.69) is 30.7 Å².